The molecular weight excluding hydrogens is 354 g/mol. The fourth-order valence-electron chi connectivity index (χ4n) is 1.86. The number of hydrogen-bond donors (Lipinski definition) is 2. The zero-order chi connectivity index (χ0) is 15.2. The summed E-state index contributed by atoms with van der Waals surface area (Å²) in [7, 11) is 0. The highest BCUT2D eigenvalue weighted by Gasteiger charge is 2.07. The van der Waals surface area contributed by atoms with Crippen molar-refractivity contribution in [2.75, 3.05) is 5.32 Å². The number of carboxylic acids is 1. The summed E-state index contributed by atoms with van der Waals surface area (Å²) < 4.78 is 1.09. The first-order valence-corrected chi connectivity index (χ1v) is 8.03. The molecule has 0 fully saturated rings. The van der Waals surface area contributed by atoms with E-state index in [0.29, 0.717) is 12.1 Å². The number of benzene rings is 1. The van der Waals surface area contributed by atoms with Crippen molar-refractivity contribution >= 4 is 44.8 Å². The quantitative estimate of drug-likeness (QED) is 0.804. The summed E-state index contributed by atoms with van der Waals surface area (Å²) in [6, 6.07) is 10.3. The van der Waals surface area contributed by atoms with Crippen LogP contribution in [0, 0.1) is 0 Å². The second-order valence-corrected chi connectivity index (χ2v) is 7.04. The summed E-state index contributed by atoms with van der Waals surface area (Å²) in [6.45, 7) is 0. The molecule has 110 valence electrons. The van der Waals surface area contributed by atoms with Crippen LogP contribution < -0.4 is 5.32 Å². The molecule has 2 N–H and O–H groups in total. The number of anilines is 1. The van der Waals surface area contributed by atoms with Crippen LogP contribution in [0.4, 0.5) is 5.69 Å². The molecule has 0 radical (unpaired) electrons. The molecule has 1 amide bonds. The predicted octanol–water partition coefficient (Wildman–Crippen LogP) is 4.17. The van der Waals surface area contributed by atoms with E-state index in [1.54, 1.807) is 23.5 Å². The lowest BCUT2D eigenvalue weighted by Gasteiger charge is -2.05. The molecular formula is C15H14BrNO3S. The molecule has 4 nitrogen and oxygen atoms in total. The molecule has 1 aromatic heterocycles. The minimum absolute atomic E-state index is 0.104. The Bertz CT molecular complexity index is 654. The van der Waals surface area contributed by atoms with Gasteiger partial charge in [0.1, 0.15) is 0 Å². The molecule has 6 heteroatoms. The van der Waals surface area contributed by atoms with Gasteiger partial charge in [0, 0.05) is 17.0 Å². The summed E-state index contributed by atoms with van der Waals surface area (Å²) in [4.78, 5) is 23.9. The van der Waals surface area contributed by atoms with Gasteiger partial charge < -0.3 is 10.4 Å². The third-order valence-corrected chi connectivity index (χ3v) is 4.53. The van der Waals surface area contributed by atoms with E-state index >= 15 is 0 Å². The standard InChI is InChI=1S/C15H14BrNO3S/c16-13-8-7-12(21-13)5-2-6-14(18)17-11-4-1-3-10(9-11)15(19)20/h1,3-4,7-9H,2,5-6H2,(H,17,18)(H,19,20). The maximum Gasteiger partial charge on any atom is 0.335 e. The van der Waals surface area contributed by atoms with Crippen LogP contribution in [-0.4, -0.2) is 17.0 Å². The molecule has 1 aromatic carbocycles. The van der Waals surface area contributed by atoms with Crippen LogP contribution in [-0.2, 0) is 11.2 Å². The predicted molar refractivity (Wildman–Crippen MR) is 87.0 cm³/mol. The zero-order valence-electron chi connectivity index (χ0n) is 11.1. The fraction of sp³-hybridized carbons (Fsp3) is 0.200. The van der Waals surface area contributed by atoms with Gasteiger partial charge in [0.05, 0.1) is 9.35 Å². The molecule has 0 unspecified atom stereocenters. The smallest absolute Gasteiger partial charge is 0.335 e. The third-order valence-electron chi connectivity index (χ3n) is 2.85. The molecule has 2 aromatic rings. The van der Waals surface area contributed by atoms with Gasteiger partial charge >= 0.3 is 5.97 Å². The van der Waals surface area contributed by atoms with Crippen molar-refractivity contribution in [1.29, 1.82) is 0 Å². The zero-order valence-corrected chi connectivity index (χ0v) is 13.5. The van der Waals surface area contributed by atoms with Crippen molar-refractivity contribution in [3.05, 3.63) is 50.6 Å². The van der Waals surface area contributed by atoms with Crippen molar-refractivity contribution in [2.45, 2.75) is 19.3 Å². The first-order chi connectivity index (χ1) is 10.0. The molecule has 0 aliphatic heterocycles. The lowest BCUT2D eigenvalue weighted by molar-refractivity contribution is -0.116. The molecule has 2 rings (SSSR count). The molecule has 0 saturated heterocycles. The van der Waals surface area contributed by atoms with Crippen molar-refractivity contribution in [3.63, 3.8) is 0 Å². The minimum Gasteiger partial charge on any atom is -0.478 e. The summed E-state index contributed by atoms with van der Waals surface area (Å²) >= 11 is 5.08. The van der Waals surface area contributed by atoms with Crippen molar-refractivity contribution < 1.29 is 14.7 Å². The van der Waals surface area contributed by atoms with Gasteiger partial charge in [-0.25, -0.2) is 4.79 Å². The number of rotatable bonds is 6. The second kappa shape index (κ2) is 7.38. The van der Waals surface area contributed by atoms with E-state index in [-0.39, 0.29) is 11.5 Å². The monoisotopic (exact) mass is 367 g/mol. The van der Waals surface area contributed by atoms with Crippen LogP contribution in [0.3, 0.4) is 0 Å². The first kappa shape index (κ1) is 15.7. The topological polar surface area (TPSA) is 66.4 Å². The van der Waals surface area contributed by atoms with Gasteiger partial charge in [-0.2, -0.15) is 0 Å². The number of carboxylic acid groups (broad SMARTS) is 1. The minimum atomic E-state index is -1.01. The molecule has 0 atom stereocenters. The van der Waals surface area contributed by atoms with Crippen LogP contribution >= 0.6 is 27.3 Å². The number of hydrogen-bond acceptors (Lipinski definition) is 3. The molecule has 0 aliphatic rings. The van der Waals surface area contributed by atoms with Crippen molar-refractivity contribution in [2.24, 2.45) is 0 Å². The fourth-order valence-corrected chi connectivity index (χ4v) is 3.39. The number of amides is 1. The number of nitrogens with one attached hydrogen (secondary N) is 1. The summed E-state index contributed by atoms with van der Waals surface area (Å²) in [5.41, 5.74) is 0.676. The van der Waals surface area contributed by atoms with Gasteiger partial charge in [-0.15, -0.1) is 11.3 Å². The molecule has 1 heterocycles. The van der Waals surface area contributed by atoms with Crippen molar-refractivity contribution in [1.82, 2.24) is 0 Å². The van der Waals surface area contributed by atoms with Crippen LogP contribution in [0.15, 0.2) is 40.2 Å². The summed E-state index contributed by atoms with van der Waals surface area (Å²) in [6.07, 6.45) is 2.03. The average Bonchev–Trinajstić information content (AvgIpc) is 2.84. The van der Waals surface area contributed by atoms with Crippen LogP contribution in [0.2, 0.25) is 0 Å². The van der Waals surface area contributed by atoms with Gasteiger partial charge in [-0.1, -0.05) is 6.07 Å². The second-order valence-electron chi connectivity index (χ2n) is 4.49. The van der Waals surface area contributed by atoms with E-state index in [9.17, 15) is 9.59 Å². The Morgan fingerprint density at radius 1 is 1.24 bits per heavy atom. The Labute approximate surface area is 134 Å². The van der Waals surface area contributed by atoms with Gasteiger partial charge in [0.2, 0.25) is 5.91 Å². The van der Waals surface area contributed by atoms with Crippen molar-refractivity contribution in [3.8, 4) is 0 Å². The first-order valence-electron chi connectivity index (χ1n) is 6.42. The van der Waals surface area contributed by atoms with Crippen LogP contribution in [0.25, 0.3) is 0 Å². The van der Waals surface area contributed by atoms with Crippen LogP contribution in [0.5, 0.6) is 0 Å². The number of carbonyl (C=O) groups is 2. The molecule has 0 spiro atoms. The Morgan fingerprint density at radius 3 is 2.71 bits per heavy atom. The maximum atomic E-state index is 11.8. The number of aromatic carboxylic acids is 1. The summed E-state index contributed by atoms with van der Waals surface area (Å²) in [5, 5.41) is 11.6. The largest absolute Gasteiger partial charge is 0.478 e. The van der Waals surface area contributed by atoms with E-state index in [2.05, 4.69) is 21.2 Å². The number of aryl methyl sites for hydroxylation is 1. The molecule has 0 bridgehead atoms. The van der Waals surface area contributed by atoms with Crippen LogP contribution in [0.1, 0.15) is 28.1 Å². The van der Waals surface area contributed by atoms with Gasteiger partial charge in [-0.3, -0.25) is 4.79 Å². The van der Waals surface area contributed by atoms with E-state index in [0.717, 1.165) is 16.6 Å². The molecule has 0 saturated carbocycles. The Morgan fingerprint density at radius 2 is 2.05 bits per heavy atom. The highest BCUT2D eigenvalue weighted by atomic mass is 79.9. The van der Waals surface area contributed by atoms with E-state index < -0.39 is 5.97 Å². The van der Waals surface area contributed by atoms with E-state index in [1.807, 2.05) is 12.1 Å². The third kappa shape index (κ3) is 4.99. The Kier molecular flexibility index (Phi) is 5.52. The van der Waals surface area contributed by atoms with Gasteiger partial charge in [0.25, 0.3) is 0 Å². The number of halogens is 1. The average molecular weight is 368 g/mol. The number of thiophene rings is 1. The highest BCUT2D eigenvalue weighted by Crippen LogP contribution is 2.23. The van der Waals surface area contributed by atoms with E-state index in [4.69, 9.17) is 5.11 Å². The highest BCUT2D eigenvalue weighted by molar-refractivity contribution is 9.11. The number of carbonyl (C=O) groups excluding carboxylic acids is 1. The molecule has 0 aliphatic carbocycles. The SMILES string of the molecule is O=C(CCCc1ccc(Br)s1)Nc1cccc(C(=O)O)c1. The lowest BCUT2D eigenvalue weighted by atomic mass is 10.2. The summed E-state index contributed by atoms with van der Waals surface area (Å²) in [5.74, 6) is -1.11. The maximum absolute atomic E-state index is 11.8. The normalized spacial score (nSPS) is 10.3. The Hall–Kier alpha value is -1.66. The Balaban J connectivity index is 1.81. The molecule has 21 heavy (non-hydrogen) atoms. The van der Waals surface area contributed by atoms with Gasteiger partial charge in [0.15, 0.2) is 0 Å². The van der Waals surface area contributed by atoms with Gasteiger partial charge in [-0.05, 0) is 59.1 Å². The lowest BCUT2D eigenvalue weighted by Crippen LogP contribution is -2.12. The van der Waals surface area contributed by atoms with E-state index in [1.165, 1.54) is 17.0 Å².